The number of hydrogen-bond acceptors (Lipinski definition) is 7. The molecule has 7 nitrogen and oxygen atoms in total. The molecular formula is C21H33N7. The van der Waals surface area contributed by atoms with E-state index in [1.807, 2.05) is 6.07 Å². The summed E-state index contributed by atoms with van der Waals surface area (Å²) in [5, 5.41) is 4.75. The van der Waals surface area contributed by atoms with Gasteiger partial charge >= 0.3 is 0 Å². The smallest absolute Gasteiger partial charge is 0.154 e. The van der Waals surface area contributed by atoms with Crippen LogP contribution in [0, 0.1) is 0 Å². The Kier molecular flexibility index (Phi) is 5.85. The van der Waals surface area contributed by atoms with E-state index in [9.17, 15) is 0 Å². The predicted molar refractivity (Wildman–Crippen MR) is 118 cm³/mol. The molecule has 0 atom stereocenters. The highest BCUT2D eigenvalue weighted by molar-refractivity contribution is 6.01. The number of likely N-dealkylation sites (N-methyl/N-ethyl adjacent to an activating group) is 2. The number of pyridine rings is 1. The van der Waals surface area contributed by atoms with Crippen LogP contribution in [0.4, 0.5) is 17.2 Å². The third kappa shape index (κ3) is 4.16. The maximum Gasteiger partial charge on any atom is 0.154 e. The first-order valence-electron chi connectivity index (χ1n) is 10.4. The van der Waals surface area contributed by atoms with Crippen LogP contribution in [0.1, 0.15) is 0 Å². The molecule has 28 heavy (non-hydrogen) atoms. The van der Waals surface area contributed by atoms with Crippen molar-refractivity contribution in [2.75, 3.05) is 95.5 Å². The Morgan fingerprint density at radius 2 is 1.57 bits per heavy atom. The summed E-state index contributed by atoms with van der Waals surface area (Å²) in [5.41, 5.74) is 9.47. The lowest BCUT2D eigenvalue weighted by Gasteiger charge is -2.34. The van der Waals surface area contributed by atoms with Gasteiger partial charge in [0.05, 0.1) is 16.9 Å². The van der Waals surface area contributed by atoms with E-state index in [2.05, 4.69) is 57.2 Å². The van der Waals surface area contributed by atoms with Crippen LogP contribution in [-0.4, -0.2) is 99.2 Å². The molecule has 0 unspecified atom stereocenters. The molecular weight excluding hydrogens is 350 g/mol. The molecule has 2 aromatic rings. The Bertz CT molecular complexity index is 793. The molecule has 152 valence electrons. The number of nitrogens with zero attached hydrogens (tertiary/aromatic N) is 5. The standard InChI is InChI=1S/C21H33N7/c1-25-9-13-27(14-10-25)8-7-23-20-17-5-3-4-6-18(17)24-21(19(20)22)28-15-11-26(2)12-16-28/h3-6H,7-16,22H2,1-2H3,(H,23,24). The molecule has 1 aromatic carbocycles. The molecule has 2 aliphatic heterocycles. The van der Waals surface area contributed by atoms with Crippen LogP contribution in [0.15, 0.2) is 24.3 Å². The third-order valence-corrected chi connectivity index (χ3v) is 6.04. The van der Waals surface area contributed by atoms with Crippen LogP contribution in [0.5, 0.6) is 0 Å². The van der Waals surface area contributed by atoms with E-state index in [-0.39, 0.29) is 0 Å². The highest BCUT2D eigenvalue weighted by Gasteiger charge is 2.21. The van der Waals surface area contributed by atoms with Crippen LogP contribution >= 0.6 is 0 Å². The highest BCUT2D eigenvalue weighted by Crippen LogP contribution is 2.35. The Hall–Kier alpha value is -2.09. The van der Waals surface area contributed by atoms with Gasteiger partial charge in [-0.2, -0.15) is 0 Å². The van der Waals surface area contributed by atoms with Crippen LogP contribution in [0.25, 0.3) is 10.9 Å². The Morgan fingerprint density at radius 1 is 0.929 bits per heavy atom. The lowest BCUT2D eigenvalue weighted by atomic mass is 10.1. The van der Waals surface area contributed by atoms with E-state index in [4.69, 9.17) is 10.7 Å². The Balaban J connectivity index is 1.53. The number of anilines is 3. The summed E-state index contributed by atoms with van der Waals surface area (Å²) in [6.07, 6.45) is 0. The van der Waals surface area contributed by atoms with Gasteiger partial charge in [-0.15, -0.1) is 0 Å². The number of benzene rings is 1. The average Bonchev–Trinajstić information content (AvgIpc) is 2.71. The first-order chi connectivity index (χ1) is 13.6. The molecule has 2 fully saturated rings. The van der Waals surface area contributed by atoms with Crippen LogP contribution in [0.3, 0.4) is 0 Å². The quantitative estimate of drug-likeness (QED) is 0.805. The summed E-state index contributed by atoms with van der Waals surface area (Å²) in [4.78, 5) is 14.5. The van der Waals surface area contributed by atoms with Gasteiger partial charge in [0.25, 0.3) is 0 Å². The van der Waals surface area contributed by atoms with Gasteiger partial charge in [0.1, 0.15) is 0 Å². The molecule has 4 rings (SSSR count). The molecule has 1 aromatic heterocycles. The molecule has 3 N–H and O–H groups in total. The van der Waals surface area contributed by atoms with Gasteiger partial charge in [-0.05, 0) is 20.2 Å². The molecule has 0 bridgehead atoms. The lowest BCUT2D eigenvalue weighted by Crippen LogP contribution is -2.46. The molecule has 2 saturated heterocycles. The van der Waals surface area contributed by atoms with Gasteiger partial charge in [-0.3, -0.25) is 4.90 Å². The number of nitrogens with one attached hydrogen (secondary N) is 1. The molecule has 0 saturated carbocycles. The maximum atomic E-state index is 6.65. The summed E-state index contributed by atoms with van der Waals surface area (Å²) in [6.45, 7) is 10.5. The second kappa shape index (κ2) is 8.51. The first kappa shape index (κ1) is 19.2. The lowest BCUT2D eigenvalue weighted by molar-refractivity contribution is 0.158. The summed E-state index contributed by atoms with van der Waals surface area (Å²) >= 11 is 0. The largest absolute Gasteiger partial charge is 0.394 e. The van der Waals surface area contributed by atoms with Crippen LogP contribution in [0.2, 0.25) is 0 Å². The van der Waals surface area contributed by atoms with Crippen molar-refractivity contribution >= 4 is 28.1 Å². The second-order valence-electron chi connectivity index (χ2n) is 8.10. The number of para-hydroxylation sites is 1. The van der Waals surface area contributed by atoms with Gasteiger partial charge in [0.2, 0.25) is 0 Å². The monoisotopic (exact) mass is 383 g/mol. The van der Waals surface area contributed by atoms with Crippen molar-refractivity contribution in [1.29, 1.82) is 0 Å². The number of nitrogen functional groups attached to an aromatic ring is 1. The molecule has 0 aliphatic carbocycles. The molecule has 0 amide bonds. The molecule has 0 radical (unpaired) electrons. The van der Waals surface area contributed by atoms with Crippen molar-refractivity contribution < 1.29 is 0 Å². The van der Waals surface area contributed by atoms with Crippen molar-refractivity contribution in [3.05, 3.63) is 24.3 Å². The molecule has 7 heteroatoms. The van der Waals surface area contributed by atoms with Crippen molar-refractivity contribution in [3.8, 4) is 0 Å². The van der Waals surface area contributed by atoms with E-state index < -0.39 is 0 Å². The molecule has 3 heterocycles. The third-order valence-electron chi connectivity index (χ3n) is 6.04. The van der Waals surface area contributed by atoms with E-state index in [1.165, 1.54) is 0 Å². The van der Waals surface area contributed by atoms with Crippen molar-refractivity contribution in [2.24, 2.45) is 0 Å². The fourth-order valence-electron chi connectivity index (χ4n) is 4.07. The summed E-state index contributed by atoms with van der Waals surface area (Å²) in [7, 11) is 4.36. The Labute approximate surface area is 168 Å². The van der Waals surface area contributed by atoms with Crippen molar-refractivity contribution in [3.63, 3.8) is 0 Å². The van der Waals surface area contributed by atoms with Gasteiger partial charge < -0.3 is 25.8 Å². The predicted octanol–water partition coefficient (Wildman–Crippen LogP) is 1.23. The topological polar surface area (TPSA) is 63.9 Å². The fraction of sp³-hybridized carbons (Fsp3) is 0.571. The van der Waals surface area contributed by atoms with Gasteiger partial charge in [-0.1, -0.05) is 18.2 Å². The Morgan fingerprint density at radius 3 is 2.29 bits per heavy atom. The zero-order valence-electron chi connectivity index (χ0n) is 17.2. The zero-order chi connectivity index (χ0) is 19.5. The summed E-state index contributed by atoms with van der Waals surface area (Å²) < 4.78 is 0. The number of rotatable bonds is 5. The van der Waals surface area contributed by atoms with Crippen molar-refractivity contribution in [2.45, 2.75) is 0 Å². The highest BCUT2D eigenvalue weighted by atomic mass is 15.3. The summed E-state index contributed by atoms with van der Waals surface area (Å²) in [5.74, 6) is 0.925. The minimum Gasteiger partial charge on any atom is -0.394 e. The number of aromatic nitrogens is 1. The zero-order valence-corrected chi connectivity index (χ0v) is 17.2. The number of nitrogens with two attached hydrogens (primary N) is 1. The van der Waals surface area contributed by atoms with Crippen molar-refractivity contribution in [1.82, 2.24) is 19.7 Å². The number of fused-ring (bicyclic) bond motifs is 1. The summed E-state index contributed by atoms with van der Waals surface area (Å²) in [6, 6.07) is 8.31. The van der Waals surface area contributed by atoms with Crippen LogP contribution in [-0.2, 0) is 0 Å². The normalized spacial score (nSPS) is 20.0. The van der Waals surface area contributed by atoms with E-state index >= 15 is 0 Å². The minimum absolute atomic E-state index is 0.779. The number of piperazine rings is 2. The van der Waals surface area contributed by atoms with Gasteiger partial charge in [-0.25, -0.2) is 4.98 Å². The number of hydrogen-bond donors (Lipinski definition) is 2. The van der Waals surface area contributed by atoms with Gasteiger partial charge in [0.15, 0.2) is 5.82 Å². The maximum absolute atomic E-state index is 6.65. The van der Waals surface area contributed by atoms with E-state index in [0.29, 0.717) is 0 Å². The minimum atomic E-state index is 0.779. The first-order valence-corrected chi connectivity index (χ1v) is 10.4. The van der Waals surface area contributed by atoms with E-state index in [1.54, 1.807) is 0 Å². The van der Waals surface area contributed by atoms with Gasteiger partial charge in [0, 0.05) is 70.8 Å². The second-order valence-corrected chi connectivity index (χ2v) is 8.10. The SMILES string of the molecule is CN1CCN(CCNc2c(N)c(N3CCN(C)CC3)nc3ccccc23)CC1. The molecule has 0 spiro atoms. The van der Waals surface area contributed by atoms with E-state index in [0.717, 1.165) is 93.5 Å². The molecule has 2 aliphatic rings. The fourth-order valence-corrected chi connectivity index (χ4v) is 4.07. The van der Waals surface area contributed by atoms with Crippen LogP contribution < -0.4 is 16.0 Å². The average molecular weight is 384 g/mol.